The molecule has 1 amide bonds. The van der Waals surface area contributed by atoms with Crippen molar-refractivity contribution in [3.05, 3.63) is 29.8 Å². The van der Waals surface area contributed by atoms with Gasteiger partial charge in [-0.15, -0.1) is 0 Å². The number of aliphatic hydroxyl groups excluding tert-OH is 1. The number of rotatable bonds is 2. The summed E-state index contributed by atoms with van der Waals surface area (Å²) in [5.74, 6) is 5.28. The van der Waals surface area contributed by atoms with Crippen LogP contribution in [0.1, 0.15) is 12.5 Å². The van der Waals surface area contributed by atoms with Crippen LogP contribution in [0.15, 0.2) is 24.3 Å². The smallest absolute Gasteiger partial charge is 0.411 e. The van der Waals surface area contributed by atoms with Gasteiger partial charge in [0.15, 0.2) is 0 Å². The molecule has 0 saturated heterocycles. The predicted molar refractivity (Wildman–Crippen MR) is 61.1 cm³/mol. The van der Waals surface area contributed by atoms with Crippen LogP contribution in [0.3, 0.4) is 0 Å². The van der Waals surface area contributed by atoms with Crippen molar-refractivity contribution >= 4 is 11.8 Å². The zero-order chi connectivity index (χ0) is 11.8. The average molecular weight is 219 g/mol. The Kier molecular flexibility index (Phi) is 4.90. The quantitative estimate of drug-likeness (QED) is 0.743. The highest BCUT2D eigenvalue weighted by Gasteiger charge is 2.01. The first-order valence-electron chi connectivity index (χ1n) is 4.90. The van der Waals surface area contributed by atoms with Crippen LogP contribution in [-0.4, -0.2) is 24.4 Å². The Morgan fingerprint density at radius 3 is 3.06 bits per heavy atom. The molecular formula is C12H13NO3. The lowest BCUT2D eigenvalue weighted by atomic mass is 10.2. The van der Waals surface area contributed by atoms with E-state index in [1.54, 1.807) is 31.2 Å². The minimum Gasteiger partial charge on any atom is -0.450 e. The van der Waals surface area contributed by atoms with Crippen LogP contribution >= 0.6 is 0 Å². The van der Waals surface area contributed by atoms with E-state index in [9.17, 15) is 4.79 Å². The molecule has 0 spiro atoms. The molecule has 0 aliphatic carbocycles. The van der Waals surface area contributed by atoms with E-state index in [-0.39, 0.29) is 6.61 Å². The number of amides is 1. The number of benzene rings is 1. The summed E-state index contributed by atoms with van der Waals surface area (Å²) >= 11 is 0. The molecule has 0 heterocycles. The fraction of sp³-hybridized carbons (Fsp3) is 0.250. The second kappa shape index (κ2) is 6.49. The van der Waals surface area contributed by atoms with Crippen LogP contribution < -0.4 is 5.32 Å². The topological polar surface area (TPSA) is 58.6 Å². The number of carbonyl (C=O) groups is 1. The van der Waals surface area contributed by atoms with Crippen LogP contribution in [0.5, 0.6) is 0 Å². The van der Waals surface area contributed by atoms with Crippen LogP contribution in [0.4, 0.5) is 10.5 Å². The zero-order valence-electron chi connectivity index (χ0n) is 8.99. The number of anilines is 1. The van der Waals surface area contributed by atoms with Gasteiger partial charge in [0, 0.05) is 11.3 Å². The number of aliphatic hydroxyl groups is 1. The van der Waals surface area contributed by atoms with Crippen molar-refractivity contribution in [1.82, 2.24) is 0 Å². The number of ether oxygens (including phenoxy) is 1. The van der Waals surface area contributed by atoms with E-state index in [4.69, 9.17) is 9.84 Å². The summed E-state index contributed by atoms with van der Waals surface area (Å²) in [5, 5.41) is 11.1. The minimum atomic E-state index is -0.491. The van der Waals surface area contributed by atoms with Gasteiger partial charge in [0.1, 0.15) is 6.61 Å². The summed E-state index contributed by atoms with van der Waals surface area (Å²) in [7, 11) is 0. The molecular weight excluding hydrogens is 206 g/mol. The van der Waals surface area contributed by atoms with Crippen LogP contribution in [0.25, 0.3) is 0 Å². The molecule has 16 heavy (non-hydrogen) atoms. The van der Waals surface area contributed by atoms with Crippen molar-refractivity contribution in [3.63, 3.8) is 0 Å². The molecule has 4 heteroatoms. The lowest BCUT2D eigenvalue weighted by Crippen LogP contribution is -2.13. The van der Waals surface area contributed by atoms with Gasteiger partial charge in [0.2, 0.25) is 0 Å². The van der Waals surface area contributed by atoms with Gasteiger partial charge < -0.3 is 9.84 Å². The molecule has 0 radical (unpaired) electrons. The highest BCUT2D eigenvalue weighted by Crippen LogP contribution is 2.09. The van der Waals surface area contributed by atoms with Gasteiger partial charge in [-0.2, -0.15) is 0 Å². The monoisotopic (exact) mass is 219 g/mol. The molecule has 4 nitrogen and oxygen atoms in total. The molecule has 0 fully saturated rings. The van der Waals surface area contributed by atoms with E-state index >= 15 is 0 Å². The van der Waals surface area contributed by atoms with E-state index in [2.05, 4.69) is 17.2 Å². The van der Waals surface area contributed by atoms with Gasteiger partial charge in [-0.3, -0.25) is 5.32 Å². The van der Waals surface area contributed by atoms with E-state index in [0.29, 0.717) is 12.3 Å². The first-order chi connectivity index (χ1) is 7.76. The fourth-order valence-corrected chi connectivity index (χ4v) is 1.10. The van der Waals surface area contributed by atoms with Crippen molar-refractivity contribution in [1.29, 1.82) is 0 Å². The molecule has 84 valence electrons. The van der Waals surface area contributed by atoms with Crippen molar-refractivity contribution in [2.24, 2.45) is 0 Å². The zero-order valence-corrected chi connectivity index (χ0v) is 8.99. The van der Waals surface area contributed by atoms with Gasteiger partial charge in [-0.05, 0) is 25.1 Å². The van der Waals surface area contributed by atoms with Crippen LogP contribution in [0, 0.1) is 11.8 Å². The normalized spacial score (nSPS) is 8.88. The van der Waals surface area contributed by atoms with Crippen molar-refractivity contribution in [2.45, 2.75) is 6.92 Å². The van der Waals surface area contributed by atoms with E-state index in [0.717, 1.165) is 5.56 Å². The molecule has 1 aromatic carbocycles. The second-order valence-corrected chi connectivity index (χ2v) is 2.89. The number of carbonyl (C=O) groups excluding carboxylic acids is 1. The lowest BCUT2D eigenvalue weighted by Gasteiger charge is -2.04. The number of nitrogens with one attached hydrogen (secondary N) is 1. The third-order valence-corrected chi connectivity index (χ3v) is 1.70. The third kappa shape index (κ3) is 4.03. The maximum Gasteiger partial charge on any atom is 0.411 e. The Bertz CT molecular complexity index is 418. The second-order valence-electron chi connectivity index (χ2n) is 2.89. The van der Waals surface area contributed by atoms with Gasteiger partial charge in [-0.25, -0.2) is 4.79 Å². The van der Waals surface area contributed by atoms with E-state index in [1.807, 2.05) is 0 Å². The predicted octanol–water partition coefficient (Wildman–Crippen LogP) is 1.60. The maximum atomic E-state index is 11.1. The Morgan fingerprint density at radius 2 is 2.38 bits per heavy atom. The Balaban J connectivity index is 2.71. The van der Waals surface area contributed by atoms with Gasteiger partial charge in [0.05, 0.1) is 6.61 Å². The summed E-state index contributed by atoms with van der Waals surface area (Å²) in [6, 6.07) is 7.00. The molecule has 0 bridgehead atoms. The molecule has 1 rings (SSSR count). The summed E-state index contributed by atoms with van der Waals surface area (Å²) < 4.78 is 4.74. The highest BCUT2D eigenvalue weighted by atomic mass is 16.5. The summed E-state index contributed by atoms with van der Waals surface area (Å²) in [6.45, 7) is 1.88. The molecule has 0 atom stereocenters. The van der Waals surface area contributed by atoms with E-state index in [1.165, 1.54) is 0 Å². The van der Waals surface area contributed by atoms with Gasteiger partial charge >= 0.3 is 6.09 Å². The van der Waals surface area contributed by atoms with Crippen molar-refractivity contribution < 1.29 is 14.6 Å². The summed E-state index contributed by atoms with van der Waals surface area (Å²) in [5.41, 5.74) is 1.34. The first-order valence-corrected chi connectivity index (χ1v) is 4.90. The molecule has 0 aromatic heterocycles. The summed E-state index contributed by atoms with van der Waals surface area (Å²) in [4.78, 5) is 11.1. The van der Waals surface area contributed by atoms with Crippen molar-refractivity contribution in [2.75, 3.05) is 18.5 Å². The van der Waals surface area contributed by atoms with Crippen LogP contribution in [0.2, 0.25) is 0 Å². The molecule has 2 N–H and O–H groups in total. The lowest BCUT2D eigenvalue weighted by molar-refractivity contribution is 0.168. The first kappa shape index (κ1) is 12.1. The van der Waals surface area contributed by atoms with Gasteiger partial charge in [-0.1, -0.05) is 17.9 Å². The van der Waals surface area contributed by atoms with Crippen molar-refractivity contribution in [3.8, 4) is 11.8 Å². The SMILES string of the molecule is CCOC(=O)Nc1cccc(C#CCO)c1. The molecule has 0 aliphatic rings. The molecule has 0 unspecified atom stereocenters. The average Bonchev–Trinajstić information content (AvgIpc) is 2.27. The molecule has 1 aromatic rings. The Morgan fingerprint density at radius 1 is 1.56 bits per heavy atom. The standard InChI is InChI=1S/C12H13NO3/c1-2-16-12(15)13-11-7-3-5-10(9-11)6-4-8-14/h3,5,7,9,14H,2,8H2,1H3,(H,13,15). The molecule has 0 aliphatic heterocycles. The highest BCUT2D eigenvalue weighted by molar-refractivity contribution is 5.84. The molecule has 0 saturated carbocycles. The largest absolute Gasteiger partial charge is 0.450 e. The number of hydrogen-bond acceptors (Lipinski definition) is 3. The fourth-order valence-electron chi connectivity index (χ4n) is 1.10. The number of hydrogen-bond donors (Lipinski definition) is 2. The Hall–Kier alpha value is -1.99. The minimum absolute atomic E-state index is 0.185. The van der Waals surface area contributed by atoms with Gasteiger partial charge in [0.25, 0.3) is 0 Å². The maximum absolute atomic E-state index is 11.1. The van der Waals surface area contributed by atoms with Crippen LogP contribution in [-0.2, 0) is 4.74 Å². The van der Waals surface area contributed by atoms with E-state index < -0.39 is 6.09 Å². The third-order valence-electron chi connectivity index (χ3n) is 1.70. The summed E-state index contributed by atoms with van der Waals surface area (Å²) in [6.07, 6.45) is -0.491. The Labute approximate surface area is 94.2 Å².